The van der Waals surface area contributed by atoms with E-state index in [0.29, 0.717) is 11.6 Å². The maximum absolute atomic E-state index is 5.26. The Kier molecular flexibility index (Phi) is 17.8. The molecule has 0 radical (unpaired) electrons. The number of fused-ring (bicyclic) bond motifs is 16. The van der Waals surface area contributed by atoms with Gasteiger partial charge in [0.1, 0.15) is 0 Å². The summed E-state index contributed by atoms with van der Waals surface area (Å²) in [7, 11) is 0. The second-order valence-electron chi connectivity index (χ2n) is 32.4. The van der Waals surface area contributed by atoms with Crippen LogP contribution in [0.15, 0.2) is 461 Å². The van der Waals surface area contributed by atoms with Crippen molar-refractivity contribution in [1.82, 2.24) is 38.2 Å². The fourth-order valence-corrected chi connectivity index (χ4v) is 19.2. The molecule has 0 saturated carbocycles. The Hall–Kier alpha value is -16.9. The maximum Gasteiger partial charge on any atom is 0.160 e. The molecule has 0 aliphatic rings. The second-order valence-corrected chi connectivity index (χ2v) is 32.4. The standard InChI is InChI=1S/C62H40N4.C56H36N4/c1-3-13-41(14-4-1)44-23-26-46(27-24-44)54-40-55(64-62(63-54)49-28-25-43-17-7-8-18-48(43)39-49)47-31-35-51(36-32-47)66-57-22-12-10-20-53(57)61-59(66)38-37-58-60(61)52-19-9-11-21-56(52)65(58)50-33-29-45(30-34-50)42-15-5-2-6-16-42;1-3-16-38(17-4-1)44-21-9-10-22-45(44)49-36-48(39-18-5-2-6-19-39)57-56(58-49)40-28-30-42(31-29-40)59-50-25-13-11-23-46(50)54-52(59)33-34-53-55(54)47-24-12-14-26-51(47)60(53)43-32-27-37-15-7-8-20-41(37)35-43/h1-40H;1-36H. The first-order valence-electron chi connectivity index (χ1n) is 42.9. The van der Waals surface area contributed by atoms with Crippen LogP contribution in [0.25, 0.3) is 233 Å². The molecule has 0 unspecified atom stereocenters. The highest BCUT2D eigenvalue weighted by molar-refractivity contribution is 6.30. The lowest BCUT2D eigenvalue weighted by molar-refractivity contribution is 1.16. The van der Waals surface area contributed by atoms with Crippen LogP contribution in [0.4, 0.5) is 0 Å². The molecule has 25 rings (SSSR count). The van der Waals surface area contributed by atoms with Crippen molar-refractivity contribution in [3.63, 3.8) is 0 Å². The molecule has 0 spiro atoms. The van der Waals surface area contributed by atoms with Gasteiger partial charge in [0.05, 0.1) is 66.9 Å². The summed E-state index contributed by atoms with van der Waals surface area (Å²) in [6.45, 7) is 0. The Morgan fingerprint density at radius 1 is 0.143 bits per heavy atom. The van der Waals surface area contributed by atoms with Gasteiger partial charge in [-0.1, -0.05) is 334 Å². The van der Waals surface area contributed by atoms with Gasteiger partial charge in [0.2, 0.25) is 0 Å². The van der Waals surface area contributed by atoms with Crippen molar-refractivity contribution >= 4 is 109 Å². The van der Waals surface area contributed by atoms with Crippen LogP contribution >= 0.6 is 0 Å². The fraction of sp³-hybridized carbons (Fsp3) is 0. The van der Waals surface area contributed by atoms with Crippen LogP contribution < -0.4 is 0 Å². The summed E-state index contributed by atoms with van der Waals surface area (Å²) >= 11 is 0. The van der Waals surface area contributed by atoms with Crippen LogP contribution in [0.2, 0.25) is 0 Å². The molecule has 0 aliphatic carbocycles. The molecule has 8 heteroatoms. The summed E-state index contributed by atoms with van der Waals surface area (Å²) < 4.78 is 9.65. The highest BCUT2D eigenvalue weighted by atomic mass is 15.0. The summed E-state index contributed by atoms with van der Waals surface area (Å²) in [6.07, 6.45) is 0. The molecule has 19 aromatic carbocycles. The van der Waals surface area contributed by atoms with Gasteiger partial charge in [-0.05, 0) is 182 Å². The summed E-state index contributed by atoms with van der Waals surface area (Å²) in [4.78, 5) is 20.9. The molecule has 0 saturated heterocycles. The Labute approximate surface area is 727 Å². The van der Waals surface area contributed by atoms with E-state index in [0.717, 1.165) is 101 Å². The summed E-state index contributed by atoms with van der Waals surface area (Å²) in [5, 5.41) is 14.8. The largest absolute Gasteiger partial charge is 0.309 e. The van der Waals surface area contributed by atoms with E-state index in [1.165, 1.54) is 120 Å². The van der Waals surface area contributed by atoms with Gasteiger partial charge >= 0.3 is 0 Å². The lowest BCUT2D eigenvalue weighted by Crippen LogP contribution is -1.98. The van der Waals surface area contributed by atoms with Gasteiger partial charge < -0.3 is 18.3 Å². The first-order chi connectivity index (χ1) is 62.5. The topological polar surface area (TPSA) is 71.3 Å². The first-order valence-corrected chi connectivity index (χ1v) is 42.9. The Balaban J connectivity index is 0.000000142. The van der Waals surface area contributed by atoms with Crippen molar-refractivity contribution in [2.75, 3.05) is 0 Å². The lowest BCUT2D eigenvalue weighted by atomic mass is 9.96. The molecule has 588 valence electrons. The van der Waals surface area contributed by atoms with Crippen molar-refractivity contribution in [3.8, 4) is 124 Å². The smallest absolute Gasteiger partial charge is 0.160 e. The predicted molar refractivity (Wildman–Crippen MR) is 525 cm³/mol. The minimum Gasteiger partial charge on any atom is -0.309 e. The van der Waals surface area contributed by atoms with Gasteiger partial charge in [0, 0.05) is 99.2 Å². The third-order valence-electron chi connectivity index (χ3n) is 25.1. The van der Waals surface area contributed by atoms with E-state index in [9.17, 15) is 0 Å². The number of nitrogens with zero attached hydrogens (tertiary/aromatic N) is 8. The zero-order valence-electron chi connectivity index (χ0n) is 68.5. The van der Waals surface area contributed by atoms with Crippen molar-refractivity contribution in [2.45, 2.75) is 0 Å². The van der Waals surface area contributed by atoms with E-state index >= 15 is 0 Å². The van der Waals surface area contributed by atoms with Crippen LogP contribution in [-0.2, 0) is 0 Å². The lowest BCUT2D eigenvalue weighted by Gasteiger charge is -2.13. The molecular weight excluding hydrogens is 1530 g/mol. The average molecular weight is 1610 g/mol. The summed E-state index contributed by atoms with van der Waals surface area (Å²) in [5.74, 6) is 1.38. The van der Waals surface area contributed by atoms with Gasteiger partial charge in [-0.2, -0.15) is 0 Å². The summed E-state index contributed by atoms with van der Waals surface area (Å²) in [6, 6.07) is 165. The minimum absolute atomic E-state index is 0.686. The minimum atomic E-state index is 0.686. The molecule has 0 amide bonds. The molecule has 8 nitrogen and oxygen atoms in total. The number of aromatic nitrogens is 8. The quantitative estimate of drug-likeness (QED) is 0.115. The van der Waals surface area contributed by atoms with Crippen LogP contribution in [0.1, 0.15) is 0 Å². The molecule has 25 aromatic rings. The molecule has 0 N–H and O–H groups in total. The Morgan fingerprint density at radius 2 is 0.413 bits per heavy atom. The predicted octanol–water partition coefficient (Wildman–Crippen LogP) is 30.7. The van der Waals surface area contributed by atoms with Gasteiger partial charge in [-0.3, -0.25) is 0 Å². The van der Waals surface area contributed by atoms with E-state index < -0.39 is 0 Å². The normalized spacial score (nSPS) is 11.7. The van der Waals surface area contributed by atoms with E-state index in [4.69, 9.17) is 19.9 Å². The summed E-state index contributed by atoms with van der Waals surface area (Å²) in [5.41, 5.74) is 30.6. The zero-order valence-corrected chi connectivity index (χ0v) is 68.5. The molecule has 126 heavy (non-hydrogen) atoms. The van der Waals surface area contributed by atoms with Crippen LogP contribution in [0, 0.1) is 0 Å². The van der Waals surface area contributed by atoms with Gasteiger partial charge in [-0.15, -0.1) is 0 Å². The highest BCUT2D eigenvalue weighted by Gasteiger charge is 2.25. The number of hydrogen-bond donors (Lipinski definition) is 0. The van der Waals surface area contributed by atoms with E-state index in [2.05, 4.69) is 473 Å². The number of para-hydroxylation sites is 4. The fourth-order valence-electron chi connectivity index (χ4n) is 19.2. The van der Waals surface area contributed by atoms with Gasteiger partial charge in [0.25, 0.3) is 0 Å². The number of hydrogen-bond acceptors (Lipinski definition) is 4. The van der Waals surface area contributed by atoms with Crippen molar-refractivity contribution in [2.24, 2.45) is 0 Å². The maximum atomic E-state index is 5.26. The molecule has 6 heterocycles. The Bertz CT molecular complexity index is 8520. The molecule has 0 aliphatic heterocycles. The van der Waals surface area contributed by atoms with Crippen LogP contribution in [-0.4, -0.2) is 38.2 Å². The van der Waals surface area contributed by atoms with E-state index in [-0.39, 0.29) is 0 Å². The number of rotatable bonds is 13. The second kappa shape index (κ2) is 30.6. The molecule has 0 atom stereocenters. The first kappa shape index (κ1) is 73.0. The molecule has 6 aromatic heterocycles. The van der Waals surface area contributed by atoms with E-state index in [1.807, 2.05) is 6.07 Å². The third kappa shape index (κ3) is 12.7. The monoisotopic (exact) mass is 1600 g/mol. The zero-order chi connectivity index (χ0) is 83.1. The number of benzene rings is 19. The van der Waals surface area contributed by atoms with Crippen molar-refractivity contribution in [1.29, 1.82) is 0 Å². The third-order valence-corrected chi connectivity index (χ3v) is 25.1. The average Bonchev–Trinajstić information content (AvgIpc) is 1.55. The van der Waals surface area contributed by atoms with Crippen LogP contribution in [0.5, 0.6) is 0 Å². The van der Waals surface area contributed by atoms with Gasteiger partial charge in [-0.25, -0.2) is 19.9 Å². The Morgan fingerprint density at radius 3 is 0.857 bits per heavy atom. The molecular formula is C118H76N8. The molecule has 0 bridgehead atoms. The van der Waals surface area contributed by atoms with E-state index in [1.54, 1.807) is 0 Å². The highest BCUT2D eigenvalue weighted by Crippen LogP contribution is 2.47. The molecule has 0 fully saturated rings. The van der Waals surface area contributed by atoms with Gasteiger partial charge in [0.15, 0.2) is 11.6 Å². The SMILES string of the molecule is c1ccc(-c2cc(-c3ccccc3-c3ccccc3)nc(-c3ccc(-n4c5ccccc5c5c6c7ccccc7n(-c7ccc8ccccc8c7)c6ccc54)cc3)n2)cc1.c1ccc(-c2ccc(-c3cc(-c4ccc(-n5c6ccccc6c6c7c8ccccc8n(-c8ccc(-c9ccccc9)cc8)c7ccc65)cc4)nc(-c4ccc5ccccc5c4)n3)cc2)cc1. The van der Waals surface area contributed by atoms with Crippen LogP contribution in [0.3, 0.4) is 0 Å². The van der Waals surface area contributed by atoms with Crippen molar-refractivity contribution < 1.29 is 0 Å². The van der Waals surface area contributed by atoms with Crippen molar-refractivity contribution in [3.05, 3.63) is 461 Å².